The highest BCUT2D eigenvalue weighted by Crippen LogP contribution is 2.45. The summed E-state index contributed by atoms with van der Waals surface area (Å²) in [6.45, 7) is 6.36. The predicted octanol–water partition coefficient (Wildman–Crippen LogP) is 6.41. The van der Waals surface area contributed by atoms with Crippen molar-refractivity contribution in [3.63, 3.8) is 0 Å². The van der Waals surface area contributed by atoms with Crippen LogP contribution < -0.4 is 9.47 Å². The summed E-state index contributed by atoms with van der Waals surface area (Å²) in [6.07, 6.45) is 0.817. The molecule has 0 unspecified atom stereocenters. The van der Waals surface area contributed by atoms with Crippen LogP contribution >= 0.6 is 31.9 Å². The van der Waals surface area contributed by atoms with Crippen molar-refractivity contribution in [2.24, 2.45) is 5.92 Å². The number of fused-ring (bicyclic) bond motifs is 3. The van der Waals surface area contributed by atoms with E-state index in [-0.39, 0.29) is 0 Å². The largest absolute Gasteiger partial charge is 0.452 e. The molecule has 0 amide bonds. The summed E-state index contributed by atoms with van der Waals surface area (Å²) in [7, 11) is 0. The Morgan fingerprint density at radius 3 is 1.77 bits per heavy atom. The summed E-state index contributed by atoms with van der Waals surface area (Å²) in [5.41, 5.74) is 2.08. The normalized spacial score (nSPS) is 15.4. The smallest absolute Gasteiger partial charge is 0.248 e. The number of benzene rings is 2. The third kappa shape index (κ3) is 3.18. The molecule has 0 saturated carbocycles. The predicted molar refractivity (Wildman–Crippen MR) is 96.4 cm³/mol. The van der Waals surface area contributed by atoms with Crippen LogP contribution in [0.1, 0.15) is 27.2 Å². The SMILES string of the molecule is CC(C)CC1(C)Oc2ccc(Br)cc2-c2cc(Br)ccc2O1. The third-order valence-electron chi connectivity index (χ3n) is 3.60. The quantitative estimate of drug-likeness (QED) is 0.553. The van der Waals surface area contributed by atoms with Crippen LogP contribution in [0.25, 0.3) is 11.1 Å². The molecule has 0 spiro atoms. The van der Waals surface area contributed by atoms with E-state index in [1.54, 1.807) is 0 Å². The molecule has 1 heterocycles. The second-order valence-corrected chi connectivity index (χ2v) is 8.05. The van der Waals surface area contributed by atoms with Crippen LogP contribution in [-0.2, 0) is 0 Å². The molecule has 2 aromatic carbocycles. The van der Waals surface area contributed by atoms with Crippen molar-refractivity contribution in [2.45, 2.75) is 33.0 Å². The van der Waals surface area contributed by atoms with Crippen molar-refractivity contribution in [1.82, 2.24) is 0 Å². The Kier molecular flexibility index (Phi) is 4.25. The average Bonchev–Trinajstić information content (AvgIpc) is 2.52. The lowest BCUT2D eigenvalue weighted by molar-refractivity contribution is -0.108. The minimum absolute atomic E-state index is 0.473. The Morgan fingerprint density at radius 1 is 0.909 bits per heavy atom. The molecule has 3 rings (SSSR count). The molecule has 4 heteroatoms. The fourth-order valence-corrected chi connectivity index (χ4v) is 3.64. The van der Waals surface area contributed by atoms with Crippen molar-refractivity contribution >= 4 is 31.9 Å². The van der Waals surface area contributed by atoms with Gasteiger partial charge < -0.3 is 9.47 Å². The fourth-order valence-electron chi connectivity index (χ4n) is 2.91. The van der Waals surface area contributed by atoms with Gasteiger partial charge in [-0.3, -0.25) is 0 Å². The molecule has 0 bridgehead atoms. The standard InChI is InChI=1S/C18H18Br2O2/c1-11(2)10-18(3)21-16-6-4-12(19)8-14(16)15-9-13(20)5-7-17(15)22-18/h4-9,11H,10H2,1-3H3. The molecule has 22 heavy (non-hydrogen) atoms. The summed E-state index contributed by atoms with van der Waals surface area (Å²) in [5.74, 6) is 1.50. The number of rotatable bonds is 2. The molecule has 2 aromatic rings. The van der Waals surface area contributed by atoms with E-state index in [1.807, 2.05) is 31.2 Å². The van der Waals surface area contributed by atoms with Crippen LogP contribution in [0.2, 0.25) is 0 Å². The van der Waals surface area contributed by atoms with Crippen LogP contribution in [-0.4, -0.2) is 5.79 Å². The van der Waals surface area contributed by atoms with Gasteiger partial charge >= 0.3 is 0 Å². The van der Waals surface area contributed by atoms with Gasteiger partial charge in [-0.25, -0.2) is 0 Å². The zero-order valence-corrected chi connectivity index (χ0v) is 16.0. The van der Waals surface area contributed by atoms with E-state index in [2.05, 4.69) is 57.8 Å². The number of halogens is 2. The summed E-state index contributed by atoms with van der Waals surface area (Å²) in [6, 6.07) is 12.1. The monoisotopic (exact) mass is 424 g/mol. The molecular formula is C18H18Br2O2. The van der Waals surface area contributed by atoms with E-state index < -0.39 is 5.79 Å². The Balaban J connectivity index is 2.19. The van der Waals surface area contributed by atoms with Gasteiger partial charge in [-0.2, -0.15) is 0 Å². The van der Waals surface area contributed by atoms with E-state index in [4.69, 9.17) is 9.47 Å². The first-order chi connectivity index (χ1) is 10.4. The van der Waals surface area contributed by atoms with Gasteiger partial charge in [0, 0.05) is 33.4 Å². The van der Waals surface area contributed by atoms with Crippen LogP contribution in [0.3, 0.4) is 0 Å². The van der Waals surface area contributed by atoms with Gasteiger partial charge in [0.15, 0.2) is 0 Å². The maximum Gasteiger partial charge on any atom is 0.248 e. The molecule has 0 fully saturated rings. The lowest BCUT2D eigenvalue weighted by Crippen LogP contribution is -2.39. The van der Waals surface area contributed by atoms with Gasteiger partial charge in [0.05, 0.1) is 0 Å². The van der Waals surface area contributed by atoms with Gasteiger partial charge in [0.2, 0.25) is 5.79 Å². The van der Waals surface area contributed by atoms with Crippen molar-refractivity contribution < 1.29 is 9.47 Å². The van der Waals surface area contributed by atoms with Crippen LogP contribution in [0.4, 0.5) is 0 Å². The highest BCUT2D eigenvalue weighted by molar-refractivity contribution is 9.10. The van der Waals surface area contributed by atoms with Crippen molar-refractivity contribution in [3.05, 3.63) is 45.3 Å². The molecule has 0 aliphatic carbocycles. The first-order valence-electron chi connectivity index (χ1n) is 7.34. The number of hydrogen-bond donors (Lipinski definition) is 0. The molecule has 0 radical (unpaired) electrons. The van der Waals surface area contributed by atoms with E-state index in [9.17, 15) is 0 Å². The molecule has 116 valence electrons. The maximum absolute atomic E-state index is 6.27. The first kappa shape index (κ1) is 15.9. The van der Waals surface area contributed by atoms with Crippen LogP contribution in [0.5, 0.6) is 11.5 Å². The number of ether oxygens (including phenoxy) is 2. The Bertz CT molecular complexity index is 657. The van der Waals surface area contributed by atoms with E-state index in [1.165, 1.54) is 0 Å². The minimum Gasteiger partial charge on any atom is -0.452 e. The molecule has 0 atom stereocenters. The lowest BCUT2D eigenvalue weighted by Gasteiger charge is -2.31. The fraction of sp³-hybridized carbons (Fsp3) is 0.333. The molecule has 1 aliphatic rings. The summed E-state index contributed by atoms with van der Waals surface area (Å²) in [5, 5.41) is 0. The van der Waals surface area contributed by atoms with Crippen molar-refractivity contribution in [1.29, 1.82) is 0 Å². The van der Waals surface area contributed by atoms with Crippen LogP contribution in [0.15, 0.2) is 45.3 Å². The molecule has 2 nitrogen and oxygen atoms in total. The van der Waals surface area contributed by atoms with E-state index in [0.717, 1.165) is 38.0 Å². The summed E-state index contributed by atoms with van der Waals surface area (Å²) in [4.78, 5) is 0. The highest BCUT2D eigenvalue weighted by Gasteiger charge is 2.34. The molecular weight excluding hydrogens is 408 g/mol. The van der Waals surface area contributed by atoms with E-state index in [0.29, 0.717) is 5.92 Å². The van der Waals surface area contributed by atoms with Gasteiger partial charge in [-0.15, -0.1) is 0 Å². The van der Waals surface area contributed by atoms with Gasteiger partial charge in [0.25, 0.3) is 0 Å². The molecule has 1 aliphatic heterocycles. The average molecular weight is 426 g/mol. The Hall–Kier alpha value is -1.00. The second kappa shape index (κ2) is 5.89. The summed E-state index contributed by atoms with van der Waals surface area (Å²) >= 11 is 7.09. The van der Waals surface area contributed by atoms with Gasteiger partial charge in [0.1, 0.15) is 11.5 Å². The van der Waals surface area contributed by atoms with Crippen molar-refractivity contribution in [3.8, 4) is 22.6 Å². The van der Waals surface area contributed by atoms with Gasteiger partial charge in [-0.1, -0.05) is 45.7 Å². The molecule has 0 N–H and O–H groups in total. The Labute approximate surface area is 148 Å². The summed E-state index contributed by atoms with van der Waals surface area (Å²) < 4.78 is 14.6. The molecule has 0 saturated heterocycles. The lowest BCUT2D eigenvalue weighted by atomic mass is 10.0. The molecule has 0 aromatic heterocycles. The van der Waals surface area contributed by atoms with Gasteiger partial charge in [-0.05, 0) is 42.3 Å². The maximum atomic E-state index is 6.27. The Morgan fingerprint density at radius 2 is 1.36 bits per heavy atom. The zero-order chi connectivity index (χ0) is 15.9. The minimum atomic E-state index is -0.671. The first-order valence-corrected chi connectivity index (χ1v) is 8.92. The van der Waals surface area contributed by atoms with Crippen LogP contribution in [0, 0.1) is 5.92 Å². The third-order valence-corrected chi connectivity index (χ3v) is 4.59. The van der Waals surface area contributed by atoms with E-state index >= 15 is 0 Å². The topological polar surface area (TPSA) is 18.5 Å². The zero-order valence-electron chi connectivity index (χ0n) is 12.8. The van der Waals surface area contributed by atoms with Crippen molar-refractivity contribution in [2.75, 3.05) is 0 Å². The second-order valence-electron chi connectivity index (χ2n) is 6.22. The number of hydrogen-bond acceptors (Lipinski definition) is 2. The highest BCUT2D eigenvalue weighted by atomic mass is 79.9.